The number of hydrogen-bond acceptors (Lipinski definition) is 6. The van der Waals surface area contributed by atoms with Crippen molar-refractivity contribution >= 4 is 23.6 Å². The average molecular weight is 444 g/mol. The van der Waals surface area contributed by atoms with E-state index in [1.54, 1.807) is 4.90 Å². The van der Waals surface area contributed by atoms with Crippen LogP contribution in [0.1, 0.15) is 58.4 Å². The van der Waals surface area contributed by atoms with Gasteiger partial charge in [-0.25, -0.2) is 4.79 Å². The van der Waals surface area contributed by atoms with Crippen molar-refractivity contribution in [2.75, 3.05) is 24.5 Å². The fourth-order valence-electron chi connectivity index (χ4n) is 4.70. The number of nitrogens with one attached hydrogen (secondary N) is 1. The Balaban J connectivity index is 1.42. The number of anilines is 1. The van der Waals surface area contributed by atoms with E-state index in [4.69, 9.17) is 9.47 Å². The first-order chi connectivity index (χ1) is 15.2. The highest BCUT2D eigenvalue weighted by Gasteiger charge is 2.35. The minimum absolute atomic E-state index is 0.0335. The van der Waals surface area contributed by atoms with E-state index in [2.05, 4.69) is 10.2 Å². The third-order valence-electron chi connectivity index (χ3n) is 6.22. The molecule has 1 aromatic carbocycles. The van der Waals surface area contributed by atoms with E-state index in [1.165, 1.54) is 0 Å². The fourth-order valence-corrected chi connectivity index (χ4v) is 4.70. The number of likely N-dealkylation sites (tertiary alicyclic amines) is 1. The van der Waals surface area contributed by atoms with Crippen molar-refractivity contribution in [1.29, 1.82) is 0 Å². The maximum absolute atomic E-state index is 12.4. The lowest BCUT2D eigenvalue weighted by atomic mass is 9.95. The summed E-state index contributed by atoms with van der Waals surface area (Å²) in [5, 5.41) is 2.47. The van der Waals surface area contributed by atoms with Crippen molar-refractivity contribution < 1.29 is 23.9 Å². The van der Waals surface area contributed by atoms with Crippen LogP contribution in [-0.2, 0) is 20.7 Å². The minimum Gasteiger partial charge on any atom is -0.490 e. The molecule has 4 rings (SSSR count). The van der Waals surface area contributed by atoms with Gasteiger partial charge in [0.2, 0.25) is 11.8 Å². The monoisotopic (exact) mass is 443 g/mol. The molecule has 2 saturated heterocycles. The summed E-state index contributed by atoms with van der Waals surface area (Å²) in [6.07, 6.45) is 4.00. The average Bonchev–Trinajstić information content (AvgIpc) is 2.73. The van der Waals surface area contributed by atoms with Gasteiger partial charge < -0.3 is 19.3 Å². The number of fused-ring (bicyclic) bond motifs is 1. The first kappa shape index (κ1) is 22.4. The van der Waals surface area contributed by atoms with Crippen LogP contribution in [0, 0.1) is 0 Å². The summed E-state index contributed by atoms with van der Waals surface area (Å²) in [6.45, 7) is 7.62. The molecule has 0 spiro atoms. The largest absolute Gasteiger partial charge is 0.490 e. The maximum Gasteiger partial charge on any atom is 0.410 e. The second-order valence-electron chi connectivity index (χ2n) is 9.80. The Morgan fingerprint density at radius 3 is 2.50 bits per heavy atom. The topological polar surface area (TPSA) is 88.2 Å². The maximum atomic E-state index is 12.4. The molecule has 0 aliphatic carbocycles. The molecule has 3 amide bonds. The number of benzene rings is 1. The number of carbonyl (C=O) groups is 3. The highest BCUT2D eigenvalue weighted by atomic mass is 16.6. The summed E-state index contributed by atoms with van der Waals surface area (Å²) in [7, 11) is 0. The van der Waals surface area contributed by atoms with Crippen LogP contribution in [0.2, 0.25) is 0 Å². The van der Waals surface area contributed by atoms with Gasteiger partial charge in [-0.2, -0.15) is 0 Å². The van der Waals surface area contributed by atoms with E-state index < -0.39 is 5.60 Å². The molecule has 1 aromatic rings. The van der Waals surface area contributed by atoms with E-state index in [0.717, 1.165) is 49.2 Å². The van der Waals surface area contributed by atoms with Crippen LogP contribution in [0.4, 0.5) is 10.5 Å². The molecule has 8 heteroatoms. The number of ether oxygens (including phenoxy) is 2. The molecule has 0 saturated carbocycles. The predicted octanol–water partition coefficient (Wildman–Crippen LogP) is 3.02. The Hall–Kier alpha value is -2.77. The van der Waals surface area contributed by atoms with Gasteiger partial charge in [-0.1, -0.05) is 6.07 Å². The molecule has 3 aliphatic rings. The quantitative estimate of drug-likeness (QED) is 0.723. The van der Waals surface area contributed by atoms with Crippen LogP contribution in [0.15, 0.2) is 18.2 Å². The molecule has 3 aliphatic heterocycles. The second kappa shape index (κ2) is 9.00. The summed E-state index contributed by atoms with van der Waals surface area (Å²) < 4.78 is 11.9. The molecule has 0 bridgehead atoms. The van der Waals surface area contributed by atoms with Crippen LogP contribution in [0.25, 0.3) is 0 Å². The van der Waals surface area contributed by atoms with Crippen molar-refractivity contribution in [2.45, 2.75) is 77.0 Å². The van der Waals surface area contributed by atoms with Gasteiger partial charge in [-0.05, 0) is 52.2 Å². The van der Waals surface area contributed by atoms with E-state index in [0.29, 0.717) is 25.9 Å². The molecule has 174 valence electrons. The molecule has 1 atom stereocenters. The van der Waals surface area contributed by atoms with Gasteiger partial charge in [0.25, 0.3) is 0 Å². The van der Waals surface area contributed by atoms with Gasteiger partial charge in [0.1, 0.15) is 23.5 Å². The van der Waals surface area contributed by atoms with E-state index in [9.17, 15) is 14.4 Å². The number of imide groups is 1. The Morgan fingerprint density at radius 1 is 1.06 bits per heavy atom. The lowest BCUT2D eigenvalue weighted by Gasteiger charge is -2.39. The SMILES string of the molecule is CC(C)(C)OC(=O)N1CCC(Oc2cccc3c2CCCN3C2CCC(=O)NC2=O)CC1. The Labute approximate surface area is 189 Å². The van der Waals surface area contributed by atoms with Crippen LogP contribution in [0.5, 0.6) is 5.75 Å². The zero-order valence-electron chi connectivity index (χ0n) is 19.2. The smallest absolute Gasteiger partial charge is 0.410 e. The van der Waals surface area contributed by atoms with Gasteiger partial charge in [-0.15, -0.1) is 0 Å². The van der Waals surface area contributed by atoms with Gasteiger partial charge >= 0.3 is 6.09 Å². The zero-order chi connectivity index (χ0) is 22.9. The predicted molar refractivity (Wildman–Crippen MR) is 120 cm³/mol. The van der Waals surface area contributed by atoms with Crippen LogP contribution < -0.4 is 15.0 Å². The third kappa shape index (κ3) is 5.00. The van der Waals surface area contributed by atoms with Crippen LogP contribution >= 0.6 is 0 Å². The van der Waals surface area contributed by atoms with Crippen molar-refractivity contribution in [3.8, 4) is 5.75 Å². The van der Waals surface area contributed by atoms with E-state index in [-0.39, 0.29) is 30.1 Å². The summed E-state index contributed by atoms with van der Waals surface area (Å²) in [5.41, 5.74) is 1.65. The highest BCUT2D eigenvalue weighted by Crippen LogP contribution is 2.37. The molecule has 3 heterocycles. The number of piperidine rings is 2. The number of rotatable bonds is 3. The number of amides is 3. The molecule has 32 heavy (non-hydrogen) atoms. The Bertz CT molecular complexity index is 886. The Morgan fingerprint density at radius 2 is 1.81 bits per heavy atom. The molecular weight excluding hydrogens is 410 g/mol. The summed E-state index contributed by atoms with van der Waals surface area (Å²) >= 11 is 0. The summed E-state index contributed by atoms with van der Waals surface area (Å²) in [6, 6.07) is 5.68. The molecule has 0 aromatic heterocycles. The van der Waals surface area contributed by atoms with Gasteiger partial charge in [0.15, 0.2) is 0 Å². The van der Waals surface area contributed by atoms with Crippen molar-refractivity contribution in [1.82, 2.24) is 10.2 Å². The third-order valence-corrected chi connectivity index (χ3v) is 6.22. The standard InChI is InChI=1S/C24H33N3O5/c1-24(2,3)32-23(30)26-14-11-16(12-15-26)31-20-8-4-7-18-17(20)6-5-13-27(18)19-9-10-21(28)25-22(19)29/h4,7-8,16,19H,5-6,9-15H2,1-3H3,(H,25,28,29). The van der Waals surface area contributed by atoms with Gasteiger partial charge in [0, 0.05) is 50.1 Å². The number of carbonyl (C=O) groups excluding carboxylic acids is 3. The summed E-state index contributed by atoms with van der Waals surface area (Å²) in [4.78, 5) is 40.2. The van der Waals surface area contributed by atoms with E-state index >= 15 is 0 Å². The molecule has 8 nitrogen and oxygen atoms in total. The first-order valence-corrected chi connectivity index (χ1v) is 11.6. The Kier molecular flexibility index (Phi) is 6.31. The highest BCUT2D eigenvalue weighted by molar-refractivity contribution is 6.01. The molecule has 1 unspecified atom stereocenters. The van der Waals surface area contributed by atoms with Crippen LogP contribution in [-0.4, -0.2) is 60.2 Å². The first-order valence-electron chi connectivity index (χ1n) is 11.6. The van der Waals surface area contributed by atoms with E-state index in [1.807, 2.05) is 39.0 Å². The van der Waals surface area contributed by atoms with Crippen LogP contribution in [0.3, 0.4) is 0 Å². The second-order valence-corrected chi connectivity index (χ2v) is 9.80. The lowest BCUT2D eigenvalue weighted by molar-refractivity contribution is -0.134. The van der Waals surface area contributed by atoms with Gasteiger partial charge in [-0.3, -0.25) is 14.9 Å². The fraction of sp³-hybridized carbons (Fsp3) is 0.625. The molecule has 1 N–H and O–H groups in total. The molecular formula is C24H33N3O5. The molecule has 0 radical (unpaired) electrons. The van der Waals surface area contributed by atoms with Gasteiger partial charge in [0.05, 0.1) is 0 Å². The normalized spacial score (nSPS) is 22.3. The minimum atomic E-state index is -0.498. The lowest BCUT2D eigenvalue weighted by Crippen LogP contribution is -2.53. The summed E-state index contributed by atoms with van der Waals surface area (Å²) in [5.74, 6) is 0.448. The zero-order valence-corrected chi connectivity index (χ0v) is 19.2. The van der Waals surface area contributed by atoms with Crippen molar-refractivity contribution in [3.05, 3.63) is 23.8 Å². The number of hydrogen-bond donors (Lipinski definition) is 1. The van der Waals surface area contributed by atoms with Crippen molar-refractivity contribution in [2.24, 2.45) is 0 Å². The molecule has 2 fully saturated rings. The van der Waals surface area contributed by atoms with Crippen molar-refractivity contribution in [3.63, 3.8) is 0 Å². The number of nitrogens with zero attached hydrogens (tertiary/aromatic N) is 2.